The fraction of sp³-hybridized carbons (Fsp3) is 0.596. The number of halogens is 1. The molecule has 418 valence electrons. The third kappa shape index (κ3) is 17.5. The Bertz CT molecular complexity index is 2440. The van der Waals surface area contributed by atoms with E-state index in [9.17, 15) is 38.4 Å². The Kier molecular flexibility index (Phi) is 23.3. The van der Waals surface area contributed by atoms with Crippen LogP contribution in [0.4, 0.5) is 0 Å². The van der Waals surface area contributed by atoms with E-state index in [0.29, 0.717) is 17.7 Å². The second kappa shape index (κ2) is 28.3. The van der Waals surface area contributed by atoms with Crippen LogP contribution in [0.2, 0.25) is 0 Å². The molecule has 0 spiro atoms. The maximum atomic E-state index is 15.0. The number of hydrogen-bond acceptors (Lipinski definition) is 13. The van der Waals surface area contributed by atoms with Gasteiger partial charge < -0.3 is 38.5 Å². The lowest BCUT2D eigenvalue weighted by Gasteiger charge is -2.35. The minimum absolute atomic E-state index is 0.0889. The maximum absolute atomic E-state index is 15.0. The van der Waals surface area contributed by atoms with E-state index in [2.05, 4.69) is 21.0 Å². The van der Waals surface area contributed by atoms with Gasteiger partial charge in [0.15, 0.2) is 24.4 Å². The molecule has 76 heavy (non-hydrogen) atoms. The number of rotatable bonds is 14. The number of cyclic esters (lactones) is 4. The molecule has 2 aromatic carbocycles. The lowest BCUT2D eigenvalue weighted by Crippen LogP contribution is -2.55. The number of ether oxygens (including phenoxy) is 4. The number of nitrogens with zero attached hydrogens (tertiary/aromatic N) is 6. The molecule has 1 aliphatic heterocycles. The fourth-order valence-corrected chi connectivity index (χ4v) is 9.38. The number of aromatic nitrogens is 2. The zero-order valence-corrected chi connectivity index (χ0v) is 48.7. The summed E-state index contributed by atoms with van der Waals surface area (Å²) in [6.45, 7) is 19.9. The molecule has 0 radical (unpaired) electrons. The molecule has 0 unspecified atom stereocenters. The monoisotopic (exact) mass is 1120 g/mol. The molecule has 0 saturated carbocycles. The van der Waals surface area contributed by atoms with Crippen LogP contribution in [0, 0.1) is 30.6 Å². The van der Waals surface area contributed by atoms with Crippen LogP contribution >= 0.6 is 15.9 Å². The first kappa shape index (κ1) is 62.4. The number of likely N-dealkylation sites (N-methyl/N-ethyl adjacent to an activating group) is 4. The Hall–Kier alpha value is -6.11. The molecule has 0 N–H and O–H groups in total. The Morgan fingerprint density at radius 2 is 0.789 bits per heavy atom. The van der Waals surface area contributed by atoms with Crippen LogP contribution < -0.4 is 0 Å². The average Bonchev–Trinajstić information content (AvgIpc) is 3.68. The number of carbonyl (C=O) groups excluding carboxylic acids is 8. The zero-order valence-electron chi connectivity index (χ0n) is 47.1. The summed E-state index contributed by atoms with van der Waals surface area (Å²) in [4.78, 5) is 121. The normalized spacial score (nSPS) is 23.8. The van der Waals surface area contributed by atoms with E-state index in [4.69, 9.17) is 18.9 Å². The molecule has 0 bridgehead atoms. The zero-order chi connectivity index (χ0) is 56.9. The molecule has 1 aromatic heterocycles. The minimum Gasteiger partial charge on any atom is -0.451 e. The van der Waals surface area contributed by atoms with Crippen molar-refractivity contribution in [3.63, 3.8) is 0 Å². The van der Waals surface area contributed by atoms with Crippen LogP contribution in [-0.4, -0.2) is 154 Å². The molecule has 0 aliphatic carbocycles. The number of benzene rings is 2. The van der Waals surface area contributed by atoms with Crippen molar-refractivity contribution in [3.05, 3.63) is 87.7 Å². The van der Waals surface area contributed by atoms with Gasteiger partial charge in [0.05, 0.1) is 16.7 Å². The van der Waals surface area contributed by atoms with Crippen LogP contribution in [-0.2, 0) is 76.7 Å². The predicted octanol–water partition coefficient (Wildman–Crippen LogP) is 6.98. The second-order valence-corrected chi connectivity index (χ2v) is 22.7. The molecule has 1 fully saturated rings. The Balaban J connectivity index is 1.85. The van der Waals surface area contributed by atoms with Crippen LogP contribution in [0.3, 0.4) is 0 Å². The summed E-state index contributed by atoms with van der Waals surface area (Å²) in [5.74, 6) is -7.30. The lowest BCUT2D eigenvalue weighted by molar-refractivity contribution is -0.176. The minimum atomic E-state index is -1.53. The van der Waals surface area contributed by atoms with Gasteiger partial charge in [-0.05, 0) is 103 Å². The van der Waals surface area contributed by atoms with Crippen molar-refractivity contribution in [2.45, 2.75) is 170 Å². The van der Waals surface area contributed by atoms with Gasteiger partial charge in [-0.3, -0.25) is 23.9 Å². The standard InChI is InChI=1S/C57H81BrN6O12/c1-33(2)25-44-54(69)73-39(11)51(66)61(13)47(28-36(7)8)57(72)76-49(30-41-21-23-42(24-22-41)31-64-32-43(58)37(9)59-64)53(68)63(15)45(26-34(3)4)55(70)74-38(10)50(65)60(12)46(27-35(5)6)56(71)75-48(52(67)62(44)14)29-40-19-17-16-18-20-40/h16-24,32-36,38-39,44-49H,25-31H2,1-15H3/t38-,39-,44+,45+,46+,47+,48-,49-/m1/s1. The summed E-state index contributed by atoms with van der Waals surface area (Å²) in [6, 6.07) is 11.1. The van der Waals surface area contributed by atoms with Gasteiger partial charge in [-0.25, -0.2) is 19.2 Å². The first-order chi connectivity index (χ1) is 35.6. The molecule has 4 amide bonds. The molecule has 4 rings (SSSR count). The Morgan fingerprint density at radius 3 is 1.12 bits per heavy atom. The molecule has 8 atom stereocenters. The summed E-state index contributed by atoms with van der Waals surface area (Å²) in [7, 11) is 5.57. The van der Waals surface area contributed by atoms with E-state index < -0.39 is 96.1 Å². The van der Waals surface area contributed by atoms with Gasteiger partial charge in [-0.15, -0.1) is 0 Å². The average molecular weight is 1120 g/mol. The van der Waals surface area contributed by atoms with Crippen molar-refractivity contribution in [1.29, 1.82) is 0 Å². The number of hydrogen-bond donors (Lipinski definition) is 0. The van der Waals surface area contributed by atoms with E-state index in [0.717, 1.165) is 35.3 Å². The van der Waals surface area contributed by atoms with Gasteiger partial charge in [0, 0.05) is 47.2 Å². The molecule has 18 nitrogen and oxygen atoms in total. The molecule has 3 aromatic rings. The van der Waals surface area contributed by atoms with E-state index in [1.165, 1.54) is 42.0 Å². The van der Waals surface area contributed by atoms with Gasteiger partial charge in [0.25, 0.3) is 23.6 Å². The van der Waals surface area contributed by atoms with Gasteiger partial charge in [0.1, 0.15) is 24.2 Å². The van der Waals surface area contributed by atoms with E-state index in [1.807, 2.05) is 80.6 Å². The van der Waals surface area contributed by atoms with Gasteiger partial charge >= 0.3 is 23.9 Å². The molecule has 1 saturated heterocycles. The summed E-state index contributed by atoms with van der Waals surface area (Å²) >= 11 is 3.50. The quantitative estimate of drug-likeness (QED) is 0.118. The van der Waals surface area contributed by atoms with Crippen molar-refractivity contribution >= 4 is 63.4 Å². The number of amides is 4. The van der Waals surface area contributed by atoms with Crippen molar-refractivity contribution in [2.75, 3.05) is 28.2 Å². The Morgan fingerprint density at radius 1 is 0.474 bits per heavy atom. The molecule has 1 aliphatic rings. The first-order valence-corrected chi connectivity index (χ1v) is 27.1. The maximum Gasteiger partial charge on any atom is 0.329 e. The SMILES string of the molecule is Cc1nn(Cc2ccc(C[C@H]3OC(=O)[C@H](CC(C)C)N(C)C(=O)[C@@H](C)OC(=O)[C@H](CC(C)C)N(C)C(=O)[C@@H](Cc4ccccc4)OC(=O)[C@H](CC(C)C)N(C)C(=O)[C@@H](C)OC(=O)[C@H](CC(C)C)N(C)C3=O)cc2)cc1Br. The van der Waals surface area contributed by atoms with Gasteiger partial charge in [0.2, 0.25) is 0 Å². The summed E-state index contributed by atoms with van der Waals surface area (Å²) in [5.41, 5.74) is 3.00. The number of esters is 4. The molecular formula is C57H81BrN6O12. The third-order valence-electron chi connectivity index (χ3n) is 13.4. The highest BCUT2D eigenvalue weighted by atomic mass is 79.9. The van der Waals surface area contributed by atoms with Crippen molar-refractivity contribution in [1.82, 2.24) is 29.4 Å². The topological polar surface area (TPSA) is 204 Å². The summed E-state index contributed by atoms with van der Waals surface area (Å²) in [6.07, 6.45) is -3.92. The largest absolute Gasteiger partial charge is 0.451 e. The van der Waals surface area contributed by atoms with Gasteiger partial charge in [-0.2, -0.15) is 5.10 Å². The van der Waals surface area contributed by atoms with Crippen LogP contribution in [0.5, 0.6) is 0 Å². The van der Waals surface area contributed by atoms with Crippen LogP contribution in [0.1, 0.15) is 117 Å². The number of aryl methyl sites for hydroxylation is 1. The predicted molar refractivity (Wildman–Crippen MR) is 289 cm³/mol. The van der Waals surface area contributed by atoms with Crippen LogP contribution in [0.25, 0.3) is 0 Å². The molecule has 2 heterocycles. The molecular weight excluding hydrogens is 1040 g/mol. The van der Waals surface area contributed by atoms with Crippen molar-refractivity contribution in [2.24, 2.45) is 23.7 Å². The second-order valence-electron chi connectivity index (χ2n) is 21.9. The highest BCUT2D eigenvalue weighted by Gasteiger charge is 2.43. The highest BCUT2D eigenvalue weighted by molar-refractivity contribution is 9.10. The summed E-state index contributed by atoms with van der Waals surface area (Å²) < 4.78 is 26.7. The first-order valence-electron chi connectivity index (χ1n) is 26.3. The van der Waals surface area contributed by atoms with Crippen molar-refractivity contribution < 1.29 is 57.3 Å². The number of carbonyl (C=O) groups is 8. The lowest BCUT2D eigenvalue weighted by atomic mass is 9.99. The van der Waals surface area contributed by atoms with E-state index >= 15 is 0 Å². The van der Waals surface area contributed by atoms with Gasteiger partial charge in [-0.1, -0.05) is 110 Å². The smallest absolute Gasteiger partial charge is 0.329 e. The van der Waals surface area contributed by atoms with E-state index in [-0.39, 0.29) is 62.2 Å². The molecule has 19 heteroatoms. The van der Waals surface area contributed by atoms with Crippen molar-refractivity contribution in [3.8, 4) is 0 Å². The summed E-state index contributed by atoms with van der Waals surface area (Å²) in [5, 5.41) is 4.52. The third-order valence-corrected chi connectivity index (χ3v) is 14.2. The van der Waals surface area contributed by atoms with E-state index in [1.54, 1.807) is 47.1 Å². The fourth-order valence-electron chi connectivity index (χ4n) is 9.07. The van der Waals surface area contributed by atoms with Crippen LogP contribution in [0.15, 0.2) is 65.3 Å². The highest BCUT2D eigenvalue weighted by Crippen LogP contribution is 2.25. The Labute approximate surface area is 457 Å².